The zero-order valence-electron chi connectivity index (χ0n) is 10.7. The maximum atomic E-state index is 13.8. The monoisotopic (exact) mass is 254 g/mol. The van der Waals surface area contributed by atoms with Gasteiger partial charge in [0.05, 0.1) is 24.6 Å². The Labute approximate surface area is 106 Å². The summed E-state index contributed by atoms with van der Waals surface area (Å²) in [5.74, 6) is 0.131. The summed E-state index contributed by atoms with van der Waals surface area (Å²) in [6.45, 7) is 2.72. The number of nitrogens with two attached hydrogens (primary N) is 1. The van der Waals surface area contributed by atoms with Gasteiger partial charge < -0.3 is 20.5 Å². The number of hydrogen-bond donors (Lipinski definition) is 2. The maximum Gasteiger partial charge on any atom is 0.148 e. The third kappa shape index (κ3) is 2.85. The van der Waals surface area contributed by atoms with Crippen LogP contribution < -0.4 is 15.8 Å². The van der Waals surface area contributed by atoms with Gasteiger partial charge in [-0.15, -0.1) is 0 Å². The topological polar surface area (TPSA) is 56.5 Å². The molecule has 2 atom stereocenters. The van der Waals surface area contributed by atoms with Gasteiger partial charge >= 0.3 is 0 Å². The van der Waals surface area contributed by atoms with Gasteiger partial charge in [0.1, 0.15) is 11.6 Å². The number of nitrogen functional groups attached to an aromatic ring is 1. The summed E-state index contributed by atoms with van der Waals surface area (Å²) in [5.41, 5.74) is 6.38. The average Bonchev–Trinajstić information content (AvgIpc) is 2.33. The van der Waals surface area contributed by atoms with Crippen LogP contribution in [0.4, 0.5) is 15.8 Å². The Balaban J connectivity index is 2.13. The second-order valence-electron chi connectivity index (χ2n) is 4.62. The van der Waals surface area contributed by atoms with Crippen molar-refractivity contribution in [1.29, 1.82) is 0 Å². The van der Waals surface area contributed by atoms with Crippen molar-refractivity contribution in [2.75, 3.05) is 24.8 Å². The van der Waals surface area contributed by atoms with Gasteiger partial charge in [-0.2, -0.15) is 0 Å². The number of halogens is 1. The van der Waals surface area contributed by atoms with Crippen LogP contribution in [0.25, 0.3) is 0 Å². The quantitative estimate of drug-likeness (QED) is 0.813. The SMILES string of the molecule is COc1cc(NC2CCOC(C)C2)c(F)cc1N. The van der Waals surface area contributed by atoms with Crippen LogP contribution in [0.2, 0.25) is 0 Å². The molecule has 2 unspecified atom stereocenters. The van der Waals surface area contributed by atoms with Crippen molar-refractivity contribution in [1.82, 2.24) is 0 Å². The summed E-state index contributed by atoms with van der Waals surface area (Å²) in [4.78, 5) is 0. The second-order valence-corrected chi connectivity index (χ2v) is 4.62. The molecule has 0 aliphatic carbocycles. The highest BCUT2D eigenvalue weighted by atomic mass is 19.1. The van der Waals surface area contributed by atoms with Gasteiger partial charge in [0.25, 0.3) is 0 Å². The molecule has 0 spiro atoms. The molecule has 1 fully saturated rings. The van der Waals surface area contributed by atoms with Crippen LogP contribution in [0.1, 0.15) is 19.8 Å². The number of hydrogen-bond acceptors (Lipinski definition) is 4. The first kappa shape index (κ1) is 13.0. The molecule has 4 nitrogen and oxygen atoms in total. The van der Waals surface area contributed by atoms with E-state index < -0.39 is 0 Å². The van der Waals surface area contributed by atoms with Gasteiger partial charge in [0.15, 0.2) is 0 Å². The first-order valence-electron chi connectivity index (χ1n) is 6.11. The minimum Gasteiger partial charge on any atom is -0.495 e. The molecule has 0 aromatic heterocycles. The lowest BCUT2D eigenvalue weighted by Crippen LogP contribution is -2.32. The van der Waals surface area contributed by atoms with Gasteiger partial charge in [-0.25, -0.2) is 4.39 Å². The largest absolute Gasteiger partial charge is 0.495 e. The summed E-state index contributed by atoms with van der Waals surface area (Å²) >= 11 is 0. The van der Waals surface area contributed by atoms with Crippen molar-refractivity contribution in [3.05, 3.63) is 17.9 Å². The Morgan fingerprint density at radius 2 is 2.28 bits per heavy atom. The molecular weight excluding hydrogens is 235 g/mol. The van der Waals surface area contributed by atoms with E-state index in [1.165, 1.54) is 13.2 Å². The fourth-order valence-electron chi connectivity index (χ4n) is 2.21. The number of methoxy groups -OCH3 is 1. The third-order valence-corrected chi connectivity index (χ3v) is 3.16. The molecule has 3 N–H and O–H groups in total. The van der Waals surface area contributed by atoms with Crippen molar-refractivity contribution >= 4 is 11.4 Å². The first-order chi connectivity index (χ1) is 8.60. The molecule has 18 heavy (non-hydrogen) atoms. The van der Waals surface area contributed by atoms with E-state index in [1.807, 2.05) is 6.92 Å². The summed E-state index contributed by atoms with van der Waals surface area (Å²) in [7, 11) is 1.52. The van der Waals surface area contributed by atoms with Crippen LogP contribution in [-0.4, -0.2) is 25.9 Å². The predicted molar refractivity (Wildman–Crippen MR) is 69.4 cm³/mol. The molecule has 0 radical (unpaired) electrons. The van der Waals surface area contributed by atoms with Gasteiger partial charge in [-0.3, -0.25) is 0 Å². The molecule has 1 aliphatic rings. The molecule has 1 aliphatic heterocycles. The lowest BCUT2D eigenvalue weighted by molar-refractivity contribution is 0.0232. The van der Waals surface area contributed by atoms with Crippen LogP contribution in [0.15, 0.2) is 12.1 Å². The highest BCUT2D eigenvalue weighted by molar-refractivity contribution is 5.62. The Kier molecular flexibility index (Phi) is 3.91. The average molecular weight is 254 g/mol. The van der Waals surface area contributed by atoms with Crippen LogP contribution in [0, 0.1) is 5.82 Å². The summed E-state index contributed by atoms with van der Waals surface area (Å²) in [6, 6.07) is 3.10. The number of anilines is 2. The van der Waals surface area contributed by atoms with Gasteiger partial charge in [0, 0.05) is 24.8 Å². The van der Waals surface area contributed by atoms with Gasteiger partial charge in [-0.05, 0) is 19.8 Å². The Bertz CT molecular complexity index is 426. The predicted octanol–water partition coefficient (Wildman–Crippen LogP) is 2.40. The fraction of sp³-hybridized carbons (Fsp3) is 0.538. The zero-order valence-corrected chi connectivity index (χ0v) is 10.7. The van der Waals surface area contributed by atoms with Gasteiger partial charge in [-0.1, -0.05) is 0 Å². The third-order valence-electron chi connectivity index (χ3n) is 3.16. The van der Waals surface area contributed by atoms with E-state index in [2.05, 4.69) is 5.32 Å². The molecule has 0 saturated carbocycles. The molecule has 1 heterocycles. The molecule has 0 bridgehead atoms. The van der Waals surface area contributed by atoms with Crippen molar-refractivity contribution in [3.63, 3.8) is 0 Å². The molecule has 100 valence electrons. The highest BCUT2D eigenvalue weighted by Crippen LogP contribution is 2.29. The van der Waals surface area contributed by atoms with Crippen molar-refractivity contribution < 1.29 is 13.9 Å². The summed E-state index contributed by atoms with van der Waals surface area (Å²) in [6.07, 6.45) is 1.94. The Hall–Kier alpha value is -1.49. The molecule has 1 aromatic rings. The number of ether oxygens (including phenoxy) is 2. The molecule has 5 heteroatoms. The van der Waals surface area contributed by atoms with E-state index in [4.69, 9.17) is 15.2 Å². The lowest BCUT2D eigenvalue weighted by Gasteiger charge is -2.29. The van der Waals surface area contributed by atoms with Crippen LogP contribution in [0.3, 0.4) is 0 Å². The zero-order chi connectivity index (χ0) is 13.1. The maximum absolute atomic E-state index is 13.8. The van der Waals surface area contributed by atoms with E-state index in [-0.39, 0.29) is 18.0 Å². The number of benzene rings is 1. The molecular formula is C13H19FN2O2. The van der Waals surface area contributed by atoms with E-state index in [0.29, 0.717) is 23.7 Å². The minimum atomic E-state index is -0.354. The lowest BCUT2D eigenvalue weighted by atomic mass is 10.0. The molecule has 1 saturated heterocycles. The van der Waals surface area contributed by atoms with Gasteiger partial charge in [0.2, 0.25) is 0 Å². The van der Waals surface area contributed by atoms with Crippen LogP contribution in [-0.2, 0) is 4.74 Å². The number of nitrogens with one attached hydrogen (secondary N) is 1. The van der Waals surface area contributed by atoms with E-state index in [0.717, 1.165) is 12.8 Å². The highest BCUT2D eigenvalue weighted by Gasteiger charge is 2.20. The minimum absolute atomic E-state index is 0.204. The Morgan fingerprint density at radius 1 is 1.50 bits per heavy atom. The molecule has 0 amide bonds. The van der Waals surface area contributed by atoms with E-state index in [1.54, 1.807) is 6.07 Å². The molecule has 1 aromatic carbocycles. The van der Waals surface area contributed by atoms with Crippen molar-refractivity contribution in [2.24, 2.45) is 0 Å². The fourth-order valence-corrected chi connectivity index (χ4v) is 2.21. The van der Waals surface area contributed by atoms with E-state index >= 15 is 0 Å². The van der Waals surface area contributed by atoms with E-state index in [9.17, 15) is 4.39 Å². The van der Waals surface area contributed by atoms with Crippen LogP contribution in [0.5, 0.6) is 5.75 Å². The van der Waals surface area contributed by atoms with Crippen LogP contribution >= 0.6 is 0 Å². The number of rotatable bonds is 3. The van der Waals surface area contributed by atoms with Crippen molar-refractivity contribution in [2.45, 2.75) is 31.9 Å². The second kappa shape index (κ2) is 5.44. The Morgan fingerprint density at radius 3 is 2.94 bits per heavy atom. The summed E-state index contributed by atoms with van der Waals surface area (Å²) in [5, 5.41) is 3.19. The first-order valence-corrected chi connectivity index (χ1v) is 6.11. The standard InChI is InChI=1S/C13H19FN2O2/c1-8-5-9(3-4-18-8)16-12-7-13(17-2)11(15)6-10(12)14/h6-9,16H,3-5,15H2,1-2H3. The normalized spacial score (nSPS) is 23.7. The molecule has 2 rings (SSSR count). The summed E-state index contributed by atoms with van der Waals surface area (Å²) < 4.78 is 24.3. The smallest absolute Gasteiger partial charge is 0.148 e. The van der Waals surface area contributed by atoms with Crippen molar-refractivity contribution in [3.8, 4) is 5.75 Å².